The Morgan fingerprint density at radius 1 is 1.41 bits per heavy atom. The first-order chi connectivity index (χ1) is 8.27. The average molecular weight is 253 g/mol. The summed E-state index contributed by atoms with van der Waals surface area (Å²) < 4.78 is 6.94. The van der Waals surface area contributed by atoms with Crippen molar-refractivity contribution in [2.45, 2.75) is 6.42 Å². The van der Waals surface area contributed by atoms with Crippen molar-refractivity contribution in [3.63, 3.8) is 0 Å². The van der Waals surface area contributed by atoms with E-state index in [2.05, 4.69) is 5.10 Å². The van der Waals surface area contributed by atoms with E-state index in [1.165, 1.54) is 0 Å². The van der Waals surface area contributed by atoms with Crippen molar-refractivity contribution in [3.8, 4) is 11.6 Å². The average Bonchev–Trinajstić information content (AvgIpc) is 2.73. The summed E-state index contributed by atoms with van der Waals surface area (Å²) in [5.41, 5.74) is 1.62. The summed E-state index contributed by atoms with van der Waals surface area (Å²) in [5.74, 6) is 0.604. The third-order valence-electron chi connectivity index (χ3n) is 2.45. The molecule has 1 heterocycles. The predicted molar refractivity (Wildman–Crippen MR) is 65.9 cm³/mol. The molecule has 0 amide bonds. The molecule has 4 nitrogen and oxygen atoms in total. The number of aliphatic hydroxyl groups is 1. The number of para-hydroxylation sites is 1. The number of aromatic nitrogens is 2. The highest BCUT2D eigenvalue weighted by atomic mass is 35.5. The van der Waals surface area contributed by atoms with Crippen LogP contribution in [0.4, 0.5) is 0 Å². The lowest BCUT2D eigenvalue weighted by Gasteiger charge is -2.09. The van der Waals surface area contributed by atoms with E-state index in [0.29, 0.717) is 17.3 Å². The van der Waals surface area contributed by atoms with Gasteiger partial charge in [0.2, 0.25) is 5.88 Å². The standard InChI is InChI=1S/C12H13ClN2O2/c1-17-12-9(6-7-16)8-14-15(12)11-5-3-2-4-10(11)13/h2-5,8,16H,6-7H2,1H3. The molecule has 0 bridgehead atoms. The van der Waals surface area contributed by atoms with Crippen LogP contribution in [-0.2, 0) is 6.42 Å². The van der Waals surface area contributed by atoms with Gasteiger partial charge >= 0.3 is 0 Å². The van der Waals surface area contributed by atoms with Gasteiger partial charge in [0.25, 0.3) is 0 Å². The Bertz CT molecular complexity index is 511. The normalized spacial score (nSPS) is 10.5. The molecule has 0 unspecified atom stereocenters. The second-order valence-electron chi connectivity index (χ2n) is 3.52. The first-order valence-corrected chi connectivity index (χ1v) is 5.62. The topological polar surface area (TPSA) is 47.3 Å². The Labute approximate surface area is 104 Å². The number of benzene rings is 1. The van der Waals surface area contributed by atoms with Crippen molar-refractivity contribution in [2.75, 3.05) is 13.7 Å². The van der Waals surface area contributed by atoms with E-state index in [0.717, 1.165) is 11.3 Å². The van der Waals surface area contributed by atoms with Gasteiger partial charge in [-0.05, 0) is 12.1 Å². The number of hydrogen-bond donors (Lipinski definition) is 1. The van der Waals surface area contributed by atoms with Crippen LogP contribution in [0, 0.1) is 0 Å². The lowest BCUT2D eigenvalue weighted by molar-refractivity contribution is 0.296. The molecule has 0 aliphatic heterocycles. The quantitative estimate of drug-likeness (QED) is 0.906. The van der Waals surface area contributed by atoms with Gasteiger partial charge in [-0.2, -0.15) is 9.78 Å². The summed E-state index contributed by atoms with van der Waals surface area (Å²) in [4.78, 5) is 0. The number of methoxy groups -OCH3 is 1. The van der Waals surface area contributed by atoms with Crippen LogP contribution in [0.1, 0.15) is 5.56 Å². The molecule has 17 heavy (non-hydrogen) atoms. The Balaban J connectivity index is 2.49. The third kappa shape index (κ3) is 2.28. The van der Waals surface area contributed by atoms with Gasteiger partial charge in [0, 0.05) is 18.6 Å². The summed E-state index contributed by atoms with van der Waals surface area (Å²) in [7, 11) is 1.57. The highest BCUT2D eigenvalue weighted by molar-refractivity contribution is 6.32. The third-order valence-corrected chi connectivity index (χ3v) is 2.77. The van der Waals surface area contributed by atoms with Crippen molar-refractivity contribution in [3.05, 3.63) is 41.0 Å². The molecule has 0 radical (unpaired) electrons. The fourth-order valence-electron chi connectivity index (χ4n) is 1.68. The van der Waals surface area contributed by atoms with Crippen LogP contribution in [0.15, 0.2) is 30.5 Å². The molecule has 0 aliphatic rings. The highest BCUT2D eigenvalue weighted by Crippen LogP contribution is 2.27. The van der Waals surface area contributed by atoms with Crippen LogP contribution in [0.2, 0.25) is 5.02 Å². The SMILES string of the molecule is COc1c(CCO)cnn1-c1ccccc1Cl. The van der Waals surface area contributed by atoms with Crippen molar-refractivity contribution in [2.24, 2.45) is 0 Å². The van der Waals surface area contributed by atoms with E-state index in [4.69, 9.17) is 21.4 Å². The van der Waals surface area contributed by atoms with Gasteiger partial charge in [0.15, 0.2) is 0 Å². The molecule has 0 spiro atoms. The van der Waals surface area contributed by atoms with Crippen LogP contribution in [0.3, 0.4) is 0 Å². The van der Waals surface area contributed by atoms with E-state index in [-0.39, 0.29) is 6.61 Å². The highest BCUT2D eigenvalue weighted by Gasteiger charge is 2.13. The van der Waals surface area contributed by atoms with E-state index >= 15 is 0 Å². The second-order valence-corrected chi connectivity index (χ2v) is 3.92. The monoisotopic (exact) mass is 252 g/mol. The van der Waals surface area contributed by atoms with Crippen molar-refractivity contribution in [1.82, 2.24) is 9.78 Å². The van der Waals surface area contributed by atoms with Gasteiger partial charge in [-0.25, -0.2) is 0 Å². The number of nitrogens with zero attached hydrogens (tertiary/aromatic N) is 2. The van der Waals surface area contributed by atoms with Crippen LogP contribution in [0.25, 0.3) is 5.69 Å². The lowest BCUT2D eigenvalue weighted by atomic mass is 10.2. The Morgan fingerprint density at radius 3 is 2.82 bits per heavy atom. The number of aliphatic hydroxyl groups excluding tert-OH is 1. The lowest BCUT2D eigenvalue weighted by Crippen LogP contribution is -2.02. The van der Waals surface area contributed by atoms with Gasteiger partial charge in [-0.1, -0.05) is 23.7 Å². The summed E-state index contributed by atoms with van der Waals surface area (Å²) >= 11 is 6.11. The number of ether oxygens (including phenoxy) is 1. The molecule has 1 aromatic carbocycles. The van der Waals surface area contributed by atoms with Crippen LogP contribution in [0.5, 0.6) is 5.88 Å². The summed E-state index contributed by atoms with van der Waals surface area (Å²) in [6, 6.07) is 7.40. The zero-order valence-corrected chi connectivity index (χ0v) is 10.2. The van der Waals surface area contributed by atoms with E-state index in [1.807, 2.05) is 18.2 Å². The molecule has 0 aliphatic carbocycles. The molecule has 2 rings (SSSR count). The second kappa shape index (κ2) is 5.21. The van der Waals surface area contributed by atoms with Gasteiger partial charge in [0.05, 0.1) is 24.0 Å². The Hall–Kier alpha value is -1.52. The Kier molecular flexibility index (Phi) is 3.66. The van der Waals surface area contributed by atoms with Crippen molar-refractivity contribution < 1.29 is 9.84 Å². The molecular weight excluding hydrogens is 240 g/mol. The predicted octanol–water partition coefficient (Wildman–Crippen LogP) is 2.07. The molecular formula is C12H13ClN2O2. The van der Waals surface area contributed by atoms with Gasteiger partial charge < -0.3 is 9.84 Å². The molecule has 5 heteroatoms. The summed E-state index contributed by atoms with van der Waals surface area (Å²) in [5, 5.41) is 13.8. The molecule has 0 saturated carbocycles. The molecule has 0 saturated heterocycles. The number of hydrogen-bond acceptors (Lipinski definition) is 3. The largest absolute Gasteiger partial charge is 0.481 e. The molecule has 1 N–H and O–H groups in total. The summed E-state index contributed by atoms with van der Waals surface area (Å²) in [6.07, 6.45) is 2.19. The van der Waals surface area contributed by atoms with E-state index < -0.39 is 0 Å². The molecule has 0 atom stereocenters. The maximum absolute atomic E-state index is 8.96. The van der Waals surface area contributed by atoms with Crippen molar-refractivity contribution in [1.29, 1.82) is 0 Å². The summed E-state index contributed by atoms with van der Waals surface area (Å²) in [6.45, 7) is 0.0601. The number of halogens is 1. The maximum Gasteiger partial charge on any atom is 0.219 e. The molecule has 1 aromatic heterocycles. The van der Waals surface area contributed by atoms with E-state index in [1.54, 1.807) is 24.1 Å². The van der Waals surface area contributed by atoms with Gasteiger partial charge in [0.1, 0.15) is 0 Å². The smallest absolute Gasteiger partial charge is 0.219 e. The molecule has 90 valence electrons. The van der Waals surface area contributed by atoms with Crippen LogP contribution < -0.4 is 4.74 Å². The molecule has 0 fully saturated rings. The first-order valence-electron chi connectivity index (χ1n) is 5.24. The van der Waals surface area contributed by atoms with E-state index in [9.17, 15) is 0 Å². The van der Waals surface area contributed by atoms with Gasteiger partial charge in [-0.3, -0.25) is 0 Å². The minimum atomic E-state index is 0.0601. The minimum Gasteiger partial charge on any atom is -0.481 e. The fraction of sp³-hybridized carbons (Fsp3) is 0.250. The van der Waals surface area contributed by atoms with Gasteiger partial charge in [-0.15, -0.1) is 0 Å². The van der Waals surface area contributed by atoms with Crippen LogP contribution >= 0.6 is 11.6 Å². The number of rotatable bonds is 4. The fourth-order valence-corrected chi connectivity index (χ4v) is 1.89. The zero-order chi connectivity index (χ0) is 12.3. The minimum absolute atomic E-state index is 0.0601. The molecule has 2 aromatic rings. The first kappa shape index (κ1) is 12.0. The zero-order valence-electron chi connectivity index (χ0n) is 9.43. The van der Waals surface area contributed by atoms with Crippen molar-refractivity contribution >= 4 is 11.6 Å². The Morgan fingerprint density at radius 2 is 2.18 bits per heavy atom. The maximum atomic E-state index is 8.96. The van der Waals surface area contributed by atoms with Crippen LogP contribution in [-0.4, -0.2) is 28.6 Å².